The summed E-state index contributed by atoms with van der Waals surface area (Å²) < 4.78 is 14.2. The number of benzene rings is 2. The molecule has 0 radical (unpaired) electrons. The van der Waals surface area contributed by atoms with Crippen molar-refractivity contribution in [2.75, 3.05) is 40.4 Å². The zero-order valence-electron chi connectivity index (χ0n) is 39.6. The Morgan fingerprint density at radius 1 is 1.09 bits per heavy atom. The predicted molar refractivity (Wildman–Crippen MR) is 252 cm³/mol. The molecule has 352 valence electrons. The Morgan fingerprint density at radius 2 is 1.86 bits per heavy atom. The van der Waals surface area contributed by atoms with Crippen LogP contribution in [0.25, 0.3) is 33.3 Å². The number of cyclic esters (lactones) is 1. The number of rotatable bonds is 10. The second-order valence-electron chi connectivity index (χ2n) is 19.2. The van der Waals surface area contributed by atoms with E-state index in [4.69, 9.17) is 9.47 Å². The second kappa shape index (κ2) is 19.8. The highest BCUT2D eigenvalue weighted by Gasteiger charge is 2.40. The van der Waals surface area contributed by atoms with Crippen LogP contribution >= 0.6 is 0 Å². The van der Waals surface area contributed by atoms with Crippen molar-refractivity contribution in [3.8, 4) is 28.1 Å². The van der Waals surface area contributed by atoms with Crippen molar-refractivity contribution in [2.24, 2.45) is 17.3 Å². The number of carbonyl (C=O) groups excluding carboxylic acids is 5. The molecule has 4 amide bonds. The number of nitrogens with one attached hydrogen (secondary N) is 2. The first-order valence-corrected chi connectivity index (χ1v) is 23.1. The first-order chi connectivity index (χ1) is 31.4. The van der Waals surface area contributed by atoms with Gasteiger partial charge in [-0.25, -0.2) is 5.43 Å². The molecule has 0 unspecified atom stereocenters. The number of aryl methyl sites for hydroxylation is 1. The van der Waals surface area contributed by atoms with Crippen molar-refractivity contribution in [3.05, 3.63) is 84.2 Å². The molecule has 2 aromatic carbocycles. The fourth-order valence-corrected chi connectivity index (χ4v) is 10.00. The van der Waals surface area contributed by atoms with Gasteiger partial charge in [0.05, 0.1) is 24.3 Å². The first-order valence-electron chi connectivity index (χ1n) is 23.1. The summed E-state index contributed by atoms with van der Waals surface area (Å²) in [5.41, 5.74) is 9.71. The Labute approximate surface area is 387 Å². The number of carbonyl (C=O) groups is 5. The SMILES string of the molecule is C=CC(=O)N1CC[C@H](C(=O)N(C)[C@H](C(=O)N[C@H]2Cc3cc(O)cc(c3)-c3ccc4c(c3)c(c(-c3cnccc3[C@H](C)OC)n4CC)CC(C)(C)COC(=O)[C@@H]3CCCN(N3)C2=O)C(C)C)C1. The lowest BCUT2D eigenvalue weighted by atomic mass is 9.84. The third-order valence-corrected chi connectivity index (χ3v) is 13.4. The van der Waals surface area contributed by atoms with E-state index < -0.39 is 47.2 Å². The number of hydrogen-bond acceptors (Lipinski definition) is 10. The number of esters is 1. The summed E-state index contributed by atoms with van der Waals surface area (Å²) in [7, 11) is 3.27. The maximum Gasteiger partial charge on any atom is 0.324 e. The van der Waals surface area contributed by atoms with Gasteiger partial charge in [-0.15, -0.1) is 0 Å². The van der Waals surface area contributed by atoms with Gasteiger partial charge in [0.25, 0.3) is 5.91 Å². The lowest BCUT2D eigenvalue weighted by Gasteiger charge is -2.37. The number of likely N-dealkylation sites (N-methyl/N-ethyl adjacent to an activating group) is 1. The van der Waals surface area contributed by atoms with Crippen molar-refractivity contribution < 1.29 is 38.6 Å². The van der Waals surface area contributed by atoms with Gasteiger partial charge in [-0.2, -0.15) is 0 Å². The third-order valence-electron chi connectivity index (χ3n) is 13.4. The Morgan fingerprint density at radius 3 is 2.58 bits per heavy atom. The summed E-state index contributed by atoms with van der Waals surface area (Å²) >= 11 is 0. The largest absolute Gasteiger partial charge is 0.508 e. The molecule has 7 rings (SSSR count). The molecular weight excluding hydrogens is 839 g/mol. The standard InChI is InChI=1S/C51H65N7O8/c1-10-44(60)56-20-17-34(28-56)48(62)55(8)45(30(3)4)47(61)53-42-23-32-21-35(24-36(59)22-32)33-14-15-43-38(25-33)39(46(57(43)11-2)40-27-52-18-16-37(40)31(5)65-9)26-51(6,7)29-66-50(64)41-13-12-19-58(54-41)49(42)63/h10,14-16,18,21-22,24-25,27,30-31,34,41-42,45,54,59H,1,11-13,17,19-20,23,26,28-29H2,2-9H3,(H,53,61)/t31-,34-,41-,42-,45-/m0/s1. The number of phenolic OH excluding ortho intramolecular Hbond substituents is 1. The average molecular weight is 904 g/mol. The van der Waals surface area contributed by atoms with Crippen molar-refractivity contribution >= 4 is 40.5 Å². The molecule has 0 saturated carbocycles. The highest BCUT2D eigenvalue weighted by molar-refractivity contribution is 5.96. The van der Waals surface area contributed by atoms with E-state index in [-0.39, 0.29) is 55.7 Å². The topological polar surface area (TPSA) is 176 Å². The third kappa shape index (κ3) is 9.87. The van der Waals surface area contributed by atoms with Crippen LogP contribution in [0.5, 0.6) is 5.75 Å². The Bertz CT molecular complexity index is 2510. The molecule has 6 bridgehead atoms. The molecule has 0 aliphatic carbocycles. The van der Waals surface area contributed by atoms with Crippen LogP contribution in [0.2, 0.25) is 0 Å². The van der Waals surface area contributed by atoms with Crippen LogP contribution in [0, 0.1) is 17.3 Å². The lowest BCUT2D eigenvalue weighted by molar-refractivity contribution is -0.155. The van der Waals surface area contributed by atoms with Gasteiger partial charge < -0.3 is 34.3 Å². The number of phenols is 1. The number of hydrazine groups is 1. The van der Waals surface area contributed by atoms with E-state index in [1.165, 1.54) is 16.0 Å². The van der Waals surface area contributed by atoms with Crippen molar-refractivity contribution in [3.63, 3.8) is 0 Å². The fraction of sp³-hybridized carbons (Fsp3) is 0.490. The maximum atomic E-state index is 14.7. The average Bonchev–Trinajstić information content (AvgIpc) is 3.92. The molecule has 15 heteroatoms. The van der Waals surface area contributed by atoms with E-state index in [2.05, 4.69) is 59.8 Å². The minimum atomic E-state index is -1.16. The van der Waals surface area contributed by atoms with Gasteiger partial charge in [0, 0.05) is 81.0 Å². The molecule has 5 atom stereocenters. The molecule has 5 heterocycles. The summed E-state index contributed by atoms with van der Waals surface area (Å²) in [6, 6.07) is 10.5. The van der Waals surface area contributed by atoms with E-state index in [1.54, 1.807) is 37.4 Å². The van der Waals surface area contributed by atoms with E-state index >= 15 is 0 Å². The number of ether oxygens (including phenoxy) is 2. The molecule has 0 spiro atoms. The number of pyridine rings is 1. The van der Waals surface area contributed by atoms with Crippen LogP contribution in [-0.2, 0) is 52.8 Å². The summed E-state index contributed by atoms with van der Waals surface area (Å²) in [6.45, 7) is 17.2. The van der Waals surface area contributed by atoms with Gasteiger partial charge in [0.2, 0.25) is 17.7 Å². The summed E-state index contributed by atoms with van der Waals surface area (Å²) in [4.78, 5) is 76.9. The molecule has 3 N–H and O–H groups in total. The highest BCUT2D eigenvalue weighted by atomic mass is 16.5. The fourth-order valence-electron chi connectivity index (χ4n) is 10.00. The van der Waals surface area contributed by atoms with E-state index in [9.17, 15) is 29.1 Å². The number of fused-ring (bicyclic) bond motifs is 6. The van der Waals surface area contributed by atoms with Crippen molar-refractivity contribution in [1.29, 1.82) is 0 Å². The number of amides is 4. The number of hydrogen-bond donors (Lipinski definition) is 3. The van der Waals surface area contributed by atoms with Crippen LogP contribution in [-0.4, -0.2) is 118 Å². The highest BCUT2D eigenvalue weighted by Crippen LogP contribution is 2.42. The van der Waals surface area contributed by atoms with Crippen LogP contribution < -0.4 is 10.7 Å². The van der Waals surface area contributed by atoms with Crippen LogP contribution in [0.1, 0.15) is 83.6 Å². The molecule has 15 nitrogen and oxygen atoms in total. The summed E-state index contributed by atoms with van der Waals surface area (Å²) in [6.07, 6.45) is 6.60. The number of aromatic nitrogens is 2. The second-order valence-corrected chi connectivity index (χ2v) is 19.2. The lowest BCUT2D eigenvalue weighted by Crippen LogP contribution is -2.62. The zero-order valence-corrected chi connectivity index (χ0v) is 39.6. The molecule has 3 aliphatic heterocycles. The van der Waals surface area contributed by atoms with E-state index in [0.29, 0.717) is 49.9 Å². The van der Waals surface area contributed by atoms with Crippen LogP contribution in [0.4, 0.5) is 0 Å². The molecule has 4 aromatic rings. The monoisotopic (exact) mass is 903 g/mol. The number of methoxy groups -OCH3 is 1. The number of likely N-dealkylation sites (tertiary alicyclic amines) is 1. The van der Waals surface area contributed by atoms with E-state index in [0.717, 1.165) is 38.9 Å². The van der Waals surface area contributed by atoms with Gasteiger partial charge in [-0.1, -0.05) is 46.4 Å². The van der Waals surface area contributed by atoms with Crippen LogP contribution in [0.3, 0.4) is 0 Å². The van der Waals surface area contributed by atoms with Gasteiger partial charge in [-0.3, -0.25) is 34.0 Å². The molecule has 2 saturated heterocycles. The van der Waals surface area contributed by atoms with Gasteiger partial charge in [-0.05, 0) is 110 Å². The van der Waals surface area contributed by atoms with E-state index in [1.807, 2.05) is 45.2 Å². The molecular formula is C51H65N7O8. The normalized spacial score (nSPS) is 21.0. The maximum absolute atomic E-state index is 14.7. The van der Waals surface area contributed by atoms with Gasteiger partial charge >= 0.3 is 5.97 Å². The number of nitrogens with zero attached hydrogens (tertiary/aromatic N) is 5. The molecule has 2 aromatic heterocycles. The summed E-state index contributed by atoms with van der Waals surface area (Å²) in [5.74, 6) is -2.87. The predicted octanol–water partition coefficient (Wildman–Crippen LogP) is 5.97. The Balaban J connectivity index is 1.31. The first kappa shape index (κ1) is 47.9. The molecule has 3 aliphatic rings. The Hall–Kier alpha value is -6.06. The molecule has 66 heavy (non-hydrogen) atoms. The zero-order chi connectivity index (χ0) is 47.6. The minimum absolute atomic E-state index is 0.0114. The molecule has 2 fully saturated rings. The quantitative estimate of drug-likeness (QED) is 0.127. The summed E-state index contributed by atoms with van der Waals surface area (Å²) in [5, 5.41) is 16.7. The van der Waals surface area contributed by atoms with Crippen molar-refractivity contribution in [1.82, 2.24) is 35.1 Å². The Kier molecular flexibility index (Phi) is 14.4. The van der Waals surface area contributed by atoms with Gasteiger partial charge in [0.1, 0.15) is 23.9 Å². The van der Waals surface area contributed by atoms with Crippen LogP contribution in [0.15, 0.2) is 67.5 Å². The van der Waals surface area contributed by atoms with Gasteiger partial charge in [0.15, 0.2) is 0 Å². The number of aromatic hydroxyl groups is 1. The minimum Gasteiger partial charge on any atom is -0.508 e. The van der Waals surface area contributed by atoms with Crippen molar-refractivity contribution in [2.45, 2.75) is 104 Å². The smallest absolute Gasteiger partial charge is 0.324 e.